The molecule has 3 aromatic carbocycles. The summed E-state index contributed by atoms with van der Waals surface area (Å²) in [5, 5.41) is 2.16. The Labute approximate surface area is 172 Å². The quantitative estimate of drug-likeness (QED) is 0.553. The molecule has 0 saturated carbocycles. The molecule has 0 spiro atoms. The molecule has 0 atom stereocenters. The number of carbonyl (C=O) groups is 1. The molecule has 5 heteroatoms. The first kappa shape index (κ1) is 20.3. The summed E-state index contributed by atoms with van der Waals surface area (Å²) in [6.07, 6.45) is 0. The van der Waals surface area contributed by atoms with E-state index in [-0.39, 0.29) is 5.91 Å². The zero-order valence-corrected chi connectivity index (χ0v) is 17.2. The number of hydrazine groups is 1. The number of nitrogens with one attached hydrogen (secondary N) is 2. The van der Waals surface area contributed by atoms with E-state index in [1.807, 2.05) is 60.7 Å². The lowest BCUT2D eigenvalue weighted by Gasteiger charge is -2.21. The number of nitrogens with zero attached hydrogens (tertiary/aromatic N) is 1. The molecule has 3 aromatic rings. The van der Waals surface area contributed by atoms with E-state index in [4.69, 9.17) is 4.74 Å². The van der Waals surface area contributed by atoms with Gasteiger partial charge in [-0.2, -0.15) is 0 Å². The summed E-state index contributed by atoms with van der Waals surface area (Å²) >= 11 is 0. The molecule has 0 heterocycles. The van der Waals surface area contributed by atoms with Gasteiger partial charge in [-0.3, -0.25) is 15.6 Å². The largest absolute Gasteiger partial charge is 0.497 e. The third-order valence-electron chi connectivity index (χ3n) is 4.98. The van der Waals surface area contributed by atoms with Gasteiger partial charge >= 0.3 is 0 Å². The molecular formula is C24H27N3O2. The second kappa shape index (κ2) is 9.15. The molecule has 0 aliphatic rings. The van der Waals surface area contributed by atoms with E-state index in [0.717, 1.165) is 40.9 Å². The average molecular weight is 389 g/mol. The van der Waals surface area contributed by atoms with Crippen molar-refractivity contribution in [3.8, 4) is 5.75 Å². The highest BCUT2D eigenvalue weighted by Crippen LogP contribution is 2.23. The highest BCUT2D eigenvalue weighted by Gasteiger charge is 2.08. The topological polar surface area (TPSA) is 53.6 Å². The lowest BCUT2D eigenvalue weighted by Crippen LogP contribution is -2.35. The van der Waals surface area contributed by atoms with Crippen LogP contribution in [-0.4, -0.2) is 26.1 Å². The highest BCUT2D eigenvalue weighted by atomic mass is 16.5. The van der Waals surface area contributed by atoms with E-state index in [1.54, 1.807) is 7.11 Å². The SMILES string of the molecule is C=C(NNC(=O)c1ccc(N(CC)CC)cc1)c1ccc2cc(OC)ccc2c1. The maximum Gasteiger partial charge on any atom is 0.269 e. The molecule has 29 heavy (non-hydrogen) atoms. The minimum atomic E-state index is -0.206. The van der Waals surface area contributed by atoms with Crippen molar-refractivity contribution < 1.29 is 9.53 Å². The van der Waals surface area contributed by atoms with Crippen LogP contribution in [0.5, 0.6) is 5.75 Å². The van der Waals surface area contributed by atoms with Crippen LogP contribution in [0.3, 0.4) is 0 Å². The van der Waals surface area contributed by atoms with E-state index >= 15 is 0 Å². The van der Waals surface area contributed by atoms with Crippen LogP contribution in [0, 0.1) is 0 Å². The molecule has 5 nitrogen and oxygen atoms in total. The number of fused-ring (bicyclic) bond motifs is 1. The minimum Gasteiger partial charge on any atom is -0.497 e. The van der Waals surface area contributed by atoms with Crippen molar-refractivity contribution in [2.75, 3.05) is 25.1 Å². The van der Waals surface area contributed by atoms with Crippen molar-refractivity contribution in [2.45, 2.75) is 13.8 Å². The van der Waals surface area contributed by atoms with Gasteiger partial charge < -0.3 is 9.64 Å². The zero-order chi connectivity index (χ0) is 20.8. The minimum absolute atomic E-state index is 0.206. The van der Waals surface area contributed by atoms with Crippen LogP contribution in [0.25, 0.3) is 16.5 Å². The van der Waals surface area contributed by atoms with Gasteiger partial charge in [0.15, 0.2) is 0 Å². The number of hydrogen-bond donors (Lipinski definition) is 2. The molecule has 0 aliphatic heterocycles. The molecular weight excluding hydrogens is 362 g/mol. The molecule has 3 rings (SSSR count). The van der Waals surface area contributed by atoms with E-state index in [0.29, 0.717) is 11.3 Å². The van der Waals surface area contributed by atoms with Gasteiger partial charge in [-0.15, -0.1) is 0 Å². The van der Waals surface area contributed by atoms with Crippen LogP contribution in [0.15, 0.2) is 67.2 Å². The maximum atomic E-state index is 12.4. The summed E-state index contributed by atoms with van der Waals surface area (Å²) in [6.45, 7) is 10.1. The molecule has 2 N–H and O–H groups in total. The first-order valence-corrected chi connectivity index (χ1v) is 9.74. The number of amides is 1. The molecule has 1 amide bonds. The van der Waals surface area contributed by atoms with Crippen LogP contribution in [-0.2, 0) is 0 Å². The van der Waals surface area contributed by atoms with Gasteiger partial charge in [0, 0.05) is 24.3 Å². The molecule has 0 fully saturated rings. The van der Waals surface area contributed by atoms with Crippen LogP contribution < -0.4 is 20.5 Å². The van der Waals surface area contributed by atoms with Gasteiger partial charge in [0.2, 0.25) is 0 Å². The smallest absolute Gasteiger partial charge is 0.269 e. The third kappa shape index (κ3) is 4.69. The molecule has 0 radical (unpaired) electrons. The second-order valence-corrected chi connectivity index (χ2v) is 6.70. The molecule has 150 valence electrons. The Kier molecular flexibility index (Phi) is 6.39. The van der Waals surface area contributed by atoms with Gasteiger partial charge in [-0.1, -0.05) is 24.8 Å². The summed E-state index contributed by atoms with van der Waals surface area (Å²) in [7, 11) is 1.65. The fraction of sp³-hybridized carbons (Fsp3) is 0.208. The normalized spacial score (nSPS) is 10.4. The third-order valence-corrected chi connectivity index (χ3v) is 4.98. The lowest BCUT2D eigenvalue weighted by atomic mass is 10.1. The average Bonchev–Trinajstić information content (AvgIpc) is 2.77. The zero-order valence-electron chi connectivity index (χ0n) is 17.2. The number of methoxy groups -OCH3 is 1. The van der Waals surface area contributed by atoms with Crippen LogP contribution >= 0.6 is 0 Å². The first-order valence-electron chi connectivity index (χ1n) is 9.74. The van der Waals surface area contributed by atoms with Gasteiger partial charge in [0.1, 0.15) is 5.75 Å². The van der Waals surface area contributed by atoms with Gasteiger partial charge in [0.25, 0.3) is 5.91 Å². The number of hydrogen-bond acceptors (Lipinski definition) is 4. The second-order valence-electron chi connectivity index (χ2n) is 6.70. The van der Waals surface area contributed by atoms with Gasteiger partial charge in [0.05, 0.1) is 12.8 Å². The van der Waals surface area contributed by atoms with Crippen LogP contribution in [0.1, 0.15) is 29.8 Å². The predicted octanol–water partition coefficient (Wildman–Crippen LogP) is 4.60. The first-order chi connectivity index (χ1) is 14.0. The predicted molar refractivity (Wildman–Crippen MR) is 120 cm³/mol. The Morgan fingerprint density at radius 3 is 2.17 bits per heavy atom. The summed E-state index contributed by atoms with van der Waals surface area (Å²) in [4.78, 5) is 14.7. The maximum absolute atomic E-state index is 12.4. The summed E-state index contributed by atoms with van der Waals surface area (Å²) in [5.74, 6) is 0.615. The number of anilines is 1. The van der Waals surface area contributed by atoms with E-state index in [9.17, 15) is 4.79 Å². The molecule has 0 aliphatic carbocycles. The summed E-state index contributed by atoms with van der Waals surface area (Å²) in [6, 6.07) is 19.5. The monoisotopic (exact) mass is 389 g/mol. The molecule has 0 unspecified atom stereocenters. The van der Waals surface area contributed by atoms with Crippen molar-refractivity contribution in [3.05, 3.63) is 78.4 Å². The Balaban J connectivity index is 1.64. The van der Waals surface area contributed by atoms with Gasteiger partial charge in [-0.25, -0.2) is 0 Å². The lowest BCUT2D eigenvalue weighted by molar-refractivity contribution is 0.0942. The Hall–Kier alpha value is -3.47. The highest BCUT2D eigenvalue weighted by molar-refractivity contribution is 5.95. The summed E-state index contributed by atoms with van der Waals surface area (Å²) < 4.78 is 5.26. The van der Waals surface area contributed by atoms with Crippen LogP contribution in [0.4, 0.5) is 5.69 Å². The fourth-order valence-corrected chi connectivity index (χ4v) is 3.23. The summed E-state index contributed by atoms with van der Waals surface area (Å²) in [5.41, 5.74) is 8.85. The van der Waals surface area contributed by atoms with E-state index in [1.165, 1.54) is 0 Å². The van der Waals surface area contributed by atoms with Crippen molar-refractivity contribution in [1.29, 1.82) is 0 Å². The van der Waals surface area contributed by atoms with Crippen LogP contribution in [0.2, 0.25) is 0 Å². The number of benzene rings is 3. The standard InChI is InChI=1S/C24H27N3O2/c1-5-27(6-2)22-12-9-18(10-13-22)24(28)26-25-17(3)19-7-8-21-16-23(29-4)14-11-20(21)15-19/h7-16,25H,3,5-6H2,1-2,4H3,(H,26,28). The van der Waals surface area contributed by atoms with Crippen molar-refractivity contribution >= 4 is 28.1 Å². The Morgan fingerprint density at radius 2 is 1.52 bits per heavy atom. The fourth-order valence-electron chi connectivity index (χ4n) is 3.23. The molecule has 0 bridgehead atoms. The van der Waals surface area contributed by atoms with E-state index < -0.39 is 0 Å². The van der Waals surface area contributed by atoms with Crippen molar-refractivity contribution in [2.24, 2.45) is 0 Å². The molecule has 0 saturated heterocycles. The van der Waals surface area contributed by atoms with E-state index in [2.05, 4.69) is 36.2 Å². The number of carbonyl (C=O) groups excluding carboxylic acids is 1. The Morgan fingerprint density at radius 1 is 0.897 bits per heavy atom. The van der Waals surface area contributed by atoms with Gasteiger partial charge in [-0.05, 0) is 72.6 Å². The van der Waals surface area contributed by atoms with Crippen molar-refractivity contribution in [1.82, 2.24) is 10.9 Å². The van der Waals surface area contributed by atoms with Crippen molar-refractivity contribution in [3.63, 3.8) is 0 Å². The number of rotatable bonds is 8. The molecule has 0 aromatic heterocycles. The number of ether oxygens (including phenoxy) is 1. The Bertz CT molecular complexity index is 1010.